The molecule has 0 bridgehead atoms. The third-order valence-electron chi connectivity index (χ3n) is 5.61. The Bertz CT molecular complexity index is 743. The van der Waals surface area contributed by atoms with Gasteiger partial charge < -0.3 is 20.2 Å². The second-order valence-electron chi connectivity index (χ2n) is 7.72. The van der Waals surface area contributed by atoms with Gasteiger partial charge in [-0.05, 0) is 13.3 Å². The minimum absolute atomic E-state index is 0.0270. The number of hydrogen-bond acceptors (Lipinski definition) is 7. The first kappa shape index (κ1) is 20.6. The molecule has 8 nitrogen and oxygen atoms in total. The molecule has 0 aliphatic carbocycles. The lowest BCUT2D eigenvalue weighted by atomic mass is 9.79. The minimum atomic E-state index is -2.67. The minimum Gasteiger partial charge on any atom is -0.393 e. The van der Waals surface area contributed by atoms with E-state index in [1.807, 2.05) is 6.92 Å². The predicted molar refractivity (Wildman–Crippen MR) is 102 cm³/mol. The Balaban J connectivity index is 1.79. The third-order valence-corrected chi connectivity index (χ3v) is 7.72. The van der Waals surface area contributed by atoms with Crippen LogP contribution in [0.25, 0.3) is 0 Å². The molecule has 0 aromatic rings. The lowest BCUT2D eigenvalue weighted by molar-refractivity contribution is -0.159. The maximum atomic E-state index is 12.5. The SMILES string of the molecule is CC(O)C1C(=O)N2C(CP(=O)=O)=C(SC3CNC(C(=O)N(C)C)C3)C(C)C12. The number of carbonyl (C=O) groups is 2. The molecule has 2 fully saturated rings. The van der Waals surface area contributed by atoms with Crippen molar-refractivity contribution in [3.05, 3.63) is 10.6 Å². The standard InChI is InChI=1S/C17H26N3O5PS/c1-8-14-13(9(2)21)17(23)20(14)12(7-26(24)25)15(8)27-10-5-11(18-6-10)16(22)19(3)4/h8-11,13-14,18,21H,5-7H2,1-4H3. The number of aliphatic hydroxyl groups is 1. The second kappa shape index (κ2) is 7.70. The van der Waals surface area contributed by atoms with Crippen molar-refractivity contribution in [3.63, 3.8) is 0 Å². The molecule has 0 saturated carbocycles. The molecule has 3 rings (SSSR count). The highest BCUT2D eigenvalue weighted by Crippen LogP contribution is 2.52. The van der Waals surface area contributed by atoms with Crippen molar-refractivity contribution >= 4 is 31.3 Å². The summed E-state index contributed by atoms with van der Waals surface area (Å²) >= 11 is 1.57. The molecule has 3 heterocycles. The van der Waals surface area contributed by atoms with Crippen LogP contribution in [0.2, 0.25) is 0 Å². The first-order valence-electron chi connectivity index (χ1n) is 9.10. The van der Waals surface area contributed by atoms with Crippen LogP contribution in [0.1, 0.15) is 20.3 Å². The van der Waals surface area contributed by atoms with Crippen LogP contribution in [0.5, 0.6) is 0 Å². The molecule has 150 valence electrons. The summed E-state index contributed by atoms with van der Waals surface area (Å²) in [5.41, 5.74) is 0.554. The number of fused-ring (bicyclic) bond motifs is 1. The maximum absolute atomic E-state index is 12.5. The van der Waals surface area contributed by atoms with Gasteiger partial charge in [0, 0.05) is 42.4 Å². The highest BCUT2D eigenvalue weighted by Gasteiger charge is 2.58. The van der Waals surface area contributed by atoms with Gasteiger partial charge in [0.25, 0.3) is 0 Å². The van der Waals surface area contributed by atoms with Gasteiger partial charge in [-0.2, -0.15) is 0 Å². The molecular weight excluding hydrogens is 389 g/mol. The first-order valence-corrected chi connectivity index (χ1v) is 11.3. The summed E-state index contributed by atoms with van der Waals surface area (Å²) in [4.78, 5) is 28.7. The smallest absolute Gasteiger partial charge is 0.321 e. The number of carbonyl (C=O) groups excluding carboxylic acids is 2. The van der Waals surface area contributed by atoms with E-state index in [2.05, 4.69) is 5.32 Å². The molecule has 2 amide bonds. The van der Waals surface area contributed by atoms with Gasteiger partial charge in [-0.1, -0.05) is 6.92 Å². The van der Waals surface area contributed by atoms with Crippen molar-refractivity contribution in [2.75, 3.05) is 26.8 Å². The van der Waals surface area contributed by atoms with Gasteiger partial charge in [0.2, 0.25) is 11.8 Å². The van der Waals surface area contributed by atoms with Crippen LogP contribution in [0.15, 0.2) is 10.6 Å². The monoisotopic (exact) mass is 415 g/mol. The molecular formula is C17H26N3O5PS. The van der Waals surface area contributed by atoms with E-state index in [1.165, 1.54) is 0 Å². The Kier molecular flexibility index (Phi) is 5.87. The van der Waals surface area contributed by atoms with E-state index >= 15 is 0 Å². The summed E-state index contributed by atoms with van der Waals surface area (Å²) in [5, 5.41) is 13.3. The summed E-state index contributed by atoms with van der Waals surface area (Å²) in [5.74, 6) is -0.680. The number of nitrogens with zero attached hydrogens (tertiary/aromatic N) is 2. The zero-order valence-corrected chi connectivity index (χ0v) is 17.6. The molecule has 3 aliphatic heterocycles. The Morgan fingerprint density at radius 3 is 2.67 bits per heavy atom. The third kappa shape index (κ3) is 3.62. The lowest BCUT2D eigenvalue weighted by Gasteiger charge is -2.47. The van der Waals surface area contributed by atoms with Gasteiger partial charge >= 0.3 is 7.68 Å². The summed E-state index contributed by atoms with van der Waals surface area (Å²) in [6.07, 6.45) is -0.271. The largest absolute Gasteiger partial charge is 0.393 e. The van der Waals surface area contributed by atoms with Crippen molar-refractivity contribution in [2.45, 2.75) is 43.7 Å². The number of allylic oxidation sites excluding steroid dienone is 1. The zero-order valence-electron chi connectivity index (χ0n) is 15.9. The van der Waals surface area contributed by atoms with Crippen molar-refractivity contribution in [1.29, 1.82) is 0 Å². The molecule has 10 heteroatoms. The van der Waals surface area contributed by atoms with E-state index in [9.17, 15) is 23.8 Å². The van der Waals surface area contributed by atoms with E-state index in [-0.39, 0.29) is 41.2 Å². The fourth-order valence-corrected chi connectivity index (χ4v) is 6.49. The molecule has 0 radical (unpaired) electrons. The summed E-state index contributed by atoms with van der Waals surface area (Å²) in [7, 11) is 0.781. The second-order valence-corrected chi connectivity index (χ2v) is 10.0. The van der Waals surface area contributed by atoms with E-state index in [0.29, 0.717) is 18.7 Å². The van der Waals surface area contributed by atoms with Gasteiger partial charge in [0.1, 0.15) is 0 Å². The highest BCUT2D eigenvalue weighted by atomic mass is 32.2. The number of amides is 2. The Morgan fingerprint density at radius 1 is 1.44 bits per heavy atom. The van der Waals surface area contributed by atoms with Gasteiger partial charge in [0.15, 0.2) is 0 Å². The zero-order chi connectivity index (χ0) is 20.0. The molecule has 0 aromatic heterocycles. The number of β-lactam (4-membered cyclic amide) rings is 1. The number of likely N-dealkylation sites (N-methyl/N-ethyl adjacent to an activating group) is 1. The molecule has 6 unspecified atom stereocenters. The normalized spacial score (nSPS) is 33.7. The van der Waals surface area contributed by atoms with Gasteiger partial charge in [-0.15, -0.1) is 11.8 Å². The van der Waals surface area contributed by atoms with Crippen LogP contribution in [0.3, 0.4) is 0 Å². The van der Waals surface area contributed by atoms with Crippen LogP contribution in [-0.4, -0.2) is 77.0 Å². The fourth-order valence-electron chi connectivity index (χ4n) is 4.33. The number of thioether (sulfide) groups is 1. The van der Waals surface area contributed by atoms with Crippen molar-refractivity contribution < 1.29 is 23.8 Å². The van der Waals surface area contributed by atoms with Gasteiger partial charge in [0.05, 0.1) is 30.3 Å². The lowest BCUT2D eigenvalue weighted by Crippen LogP contribution is -2.63. The topological polar surface area (TPSA) is 107 Å². The van der Waals surface area contributed by atoms with E-state index in [4.69, 9.17) is 0 Å². The van der Waals surface area contributed by atoms with Crippen LogP contribution in [0.4, 0.5) is 0 Å². The molecule has 0 spiro atoms. The molecule has 3 aliphatic rings. The van der Waals surface area contributed by atoms with E-state index in [1.54, 1.807) is 42.6 Å². The van der Waals surface area contributed by atoms with E-state index < -0.39 is 19.7 Å². The summed E-state index contributed by atoms with van der Waals surface area (Å²) in [6.45, 7) is 4.24. The van der Waals surface area contributed by atoms with Crippen LogP contribution < -0.4 is 5.32 Å². The van der Waals surface area contributed by atoms with Crippen molar-refractivity contribution in [1.82, 2.24) is 15.1 Å². The van der Waals surface area contributed by atoms with Gasteiger partial charge in [-0.25, -0.2) is 9.13 Å². The number of rotatable bonds is 6. The fraction of sp³-hybridized carbons (Fsp3) is 0.765. The maximum Gasteiger partial charge on any atom is 0.321 e. The van der Waals surface area contributed by atoms with Crippen molar-refractivity contribution in [2.24, 2.45) is 11.8 Å². The summed E-state index contributed by atoms with van der Waals surface area (Å²) < 4.78 is 22.8. The molecule has 6 atom stereocenters. The highest BCUT2D eigenvalue weighted by molar-refractivity contribution is 8.03. The van der Waals surface area contributed by atoms with Crippen LogP contribution >= 0.6 is 19.4 Å². The Hall–Kier alpha value is -1.15. The Labute approximate surface area is 163 Å². The first-order chi connectivity index (χ1) is 12.6. The average Bonchev–Trinajstić information content (AvgIpc) is 3.10. The van der Waals surface area contributed by atoms with Gasteiger partial charge in [-0.3, -0.25) is 9.59 Å². The molecule has 0 aromatic carbocycles. The summed E-state index contributed by atoms with van der Waals surface area (Å²) in [6, 6.07) is -0.420. The van der Waals surface area contributed by atoms with Crippen LogP contribution in [0, 0.1) is 11.8 Å². The number of aliphatic hydroxyl groups excluding tert-OH is 1. The molecule has 2 saturated heterocycles. The Morgan fingerprint density at radius 2 is 2.11 bits per heavy atom. The quantitative estimate of drug-likeness (QED) is 0.488. The molecule has 2 N–H and O–H groups in total. The van der Waals surface area contributed by atoms with Crippen molar-refractivity contribution in [3.8, 4) is 0 Å². The predicted octanol–water partition coefficient (Wildman–Crippen LogP) is 0.780. The number of hydrogen-bond donors (Lipinski definition) is 2. The average molecular weight is 415 g/mol. The van der Waals surface area contributed by atoms with E-state index in [0.717, 1.165) is 4.91 Å². The number of nitrogens with one attached hydrogen (secondary N) is 1. The molecule has 27 heavy (non-hydrogen) atoms. The van der Waals surface area contributed by atoms with Crippen LogP contribution in [-0.2, 0) is 18.7 Å².